The van der Waals surface area contributed by atoms with E-state index in [9.17, 15) is 19.5 Å². The molecule has 10 heteroatoms. The second kappa shape index (κ2) is 14.0. The molecule has 2 fully saturated rings. The van der Waals surface area contributed by atoms with E-state index in [4.69, 9.17) is 14.6 Å². The van der Waals surface area contributed by atoms with Crippen molar-refractivity contribution in [1.29, 1.82) is 0 Å². The number of imide groups is 1. The quantitative estimate of drug-likeness (QED) is 0.166. The van der Waals surface area contributed by atoms with Crippen molar-refractivity contribution in [2.75, 3.05) is 26.9 Å². The number of unbranched alkanes of at least 4 members (excludes halogenated alkanes) is 2. The van der Waals surface area contributed by atoms with E-state index in [0.717, 1.165) is 26.9 Å². The minimum Gasteiger partial charge on any atom is -0.507 e. The van der Waals surface area contributed by atoms with Crippen molar-refractivity contribution in [3.8, 4) is 5.75 Å². The number of halogens is 1. The lowest BCUT2D eigenvalue weighted by Crippen LogP contribution is -2.35. The number of ether oxygens (including phenoxy) is 2. The van der Waals surface area contributed by atoms with Crippen LogP contribution in [0.3, 0.4) is 0 Å². The van der Waals surface area contributed by atoms with E-state index in [1.54, 1.807) is 25.4 Å². The number of hydrogen-bond donors (Lipinski definition) is 2. The van der Waals surface area contributed by atoms with Crippen LogP contribution in [-0.4, -0.2) is 70.9 Å². The van der Waals surface area contributed by atoms with Crippen LogP contribution in [0.25, 0.3) is 11.6 Å². The van der Waals surface area contributed by atoms with Crippen molar-refractivity contribution in [3.05, 3.63) is 69.5 Å². The van der Waals surface area contributed by atoms with Crippen LogP contribution in [0.2, 0.25) is 0 Å². The fourth-order valence-corrected chi connectivity index (χ4v) is 7.11. The summed E-state index contributed by atoms with van der Waals surface area (Å²) in [6.45, 7) is 1.06. The molecule has 5 rings (SSSR count). The van der Waals surface area contributed by atoms with Crippen LogP contribution in [0.5, 0.6) is 5.75 Å². The van der Waals surface area contributed by atoms with Crippen LogP contribution in [0, 0.1) is 17.8 Å². The molecule has 2 aromatic rings. The molecule has 0 saturated carbocycles. The maximum absolute atomic E-state index is 13.6. The molecule has 3 heterocycles. The van der Waals surface area contributed by atoms with Gasteiger partial charge in [0.05, 0.1) is 36.8 Å². The standard InChI is InChI=1S/C33H37BrN2O7/c1-42-18-22-17-24-31(33(41)36(32(24)40)14-6-2-3-8-29(38)39)25-19-43-28(30(22)25)12-9-20(26-7-4-5-13-35-26)15-21-16-23(34)10-11-27(21)37/h4-5,7,10-11,13,15-16,24-25,28,31,37H,2-3,6,8-9,12,14,17-19H2,1H3,(H,38,39)/b20-15-/t24-,25+,28-,31-/m1/s1. The molecule has 2 N–H and O–H groups in total. The van der Waals surface area contributed by atoms with Crippen molar-refractivity contribution in [1.82, 2.24) is 9.88 Å². The molecule has 2 aliphatic heterocycles. The molecule has 1 aliphatic carbocycles. The van der Waals surface area contributed by atoms with Crippen LogP contribution in [0.15, 0.2) is 58.2 Å². The number of aromatic nitrogens is 1. The van der Waals surface area contributed by atoms with Gasteiger partial charge in [-0.25, -0.2) is 0 Å². The van der Waals surface area contributed by atoms with E-state index >= 15 is 0 Å². The highest BCUT2D eigenvalue weighted by molar-refractivity contribution is 9.10. The molecule has 0 radical (unpaired) electrons. The van der Waals surface area contributed by atoms with E-state index < -0.39 is 17.8 Å². The van der Waals surface area contributed by atoms with Crippen LogP contribution in [-0.2, 0) is 23.9 Å². The first kappa shape index (κ1) is 31.1. The zero-order valence-electron chi connectivity index (χ0n) is 24.2. The van der Waals surface area contributed by atoms with Gasteiger partial charge in [0.25, 0.3) is 0 Å². The topological polar surface area (TPSA) is 126 Å². The number of amides is 2. The van der Waals surface area contributed by atoms with Crippen LogP contribution < -0.4 is 0 Å². The maximum atomic E-state index is 13.6. The highest BCUT2D eigenvalue weighted by Gasteiger charge is 2.56. The molecule has 2 amide bonds. The summed E-state index contributed by atoms with van der Waals surface area (Å²) in [6.07, 6.45) is 7.05. The molecule has 3 aliphatic rings. The summed E-state index contributed by atoms with van der Waals surface area (Å²) in [6, 6.07) is 11.0. The Morgan fingerprint density at radius 1 is 1.14 bits per heavy atom. The third-order valence-electron chi connectivity index (χ3n) is 8.68. The third kappa shape index (κ3) is 6.92. The Bertz CT molecular complexity index is 1420. The molecule has 9 nitrogen and oxygen atoms in total. The van der Waals surface area contributed by atoms with Gasteiger partial charge in [0, 0.05) is 42.2 Å². The lowest BCUT2D eigenvalue weighted by Gasteiger charge is -2.31. The average molecular weight is 654 g/mol. The number of benzene rings is 1. The number of carboxylic acid groups (broad SMARTS) is 1. The number of pyridine rings is 1. The second-order valence-corrected chi connectivity index (χ2v) is 12.3. The SMILES string of the molecule is COCC1=C2[C@@H](CC/C(=C/c3cc(Br)ccc3O)c3ccccn3)OC[C@@H]2[C@@H]2C(=O)N(CCCCCC(=O)O)C(=O)[C@@H]2C1. The molecule has 228 valence electrons. The monoisotopic (exact) mass is 652 g/mol. The van der Waals surface area contributed by atoms with Crippen LogP contribution >= 0.6 is 15.9 Å². The van der Waals surface area contributed by atoms with Gasteiger partial charge in [-0.3, -0.25) is 24.3 Å². The Hall–Kier alpha value is -3.34. The number of likely N-dealkylation sites (tertiary alicyclic amines) is 1. The summed E-state index contributed by atoms with van der Waals surface area (Å²) >= 11 is 3.49. The van der Waals surface area contributed by atoms with Gasteiger partial charge in [0.1, 0.15) is 5.75 Å². The number of fused-ring (bicyclic) bond motifs is 3. The maximum Gasteiger partial charge on any atom is 0.303 e. The minimum atomic E-state index is -0.840. The second-order valence-electron chi connectivity index (χ2n) is 11.4. The third-order valence-corrected chi connectivity index (χ3v) is 9.17. The first-order chi connectivity index (χ1) is 20.8. The van der Waals surface area contributed by atoms with Crippen LogP contribution in [0.4, 0.5) is 0 Å². The van der Waals surface area contributed by atoms with E-state index in [-0.39, 0.29) is 36.0 Å². The number of phenolic OH excluding ortho intramolecular Hbond substituents is 1. The molecule has 0 bridgehead atoms. The molecule has 4 atom stereocenters. The molecule has 43 heavy (non-hydrogen) atoms. The molecular weight excluding hydrogens is 616 g/mol. The zero-order valence-corrected chi connectivity index (χ0v) is 25.8. The van der Waals surface area contributed by atoms with Gasteiger partial charge < -0.3 is 19.7 Å². The number of allylic oxidation sites excluding steroid dienone is 1. The van der Waals surface area contributed by atoms with Crippen molar-refractivity contribution in [2.24, 2.45) is 17.8 Å². The average Bonchev–Trinajstić information content (AvgIpc) is 3.52. The normalized spacial score (nSPS) is 23.6. The predicted molar refractivity (Wildman–Crippen MR) is 164 cm³/mol. The molecule has 1 aromatic carbocycles. The number of carbonyl (C=O) groups is 3. The van der Waals surface area contributed by atoms with Crippen molar-refractivity contribution >= 4 is 45.4 Å². The Labute approximate surface area is 259 Å². The van der Waals surface area contributed by atoms with Gasteiger partial charge in [-0.1, -0.05) is 28.4 Å². The van der Waals surface area contributed by atoms with Crippen LogP contribution in [0.1, 0.15) is 56.2 Å². The molecule has 1 aromatic heterocycles. The molecular formula is C33H37BrN2O7. The first-order valence-electron chi connectivity index (χ1n) is 14.8. The summed E-state index contributed by atoms with van der Waals surface area (Å²) < 4.78 is 12.8. The fourth-order valence-electron chi connectivity index (χ4n) is 6.73. The highest BCUT2D eigenvalue weighted by Crippen LogP contribution is 2.50. The minimum absolute atomic E-state index is 0.0862. The summed E-state index contributed by atoms with van der Waals surface area (Å²) in [7, 11) is 1.64. The fraction of sp³-hybridized carbons (Fsp3) is 0.455. The first-order valence-corrected chi connectivity index (χ1v) is 15.6. The predicted octanol–water partition coefficient (Wildman–Crippen LogP) is 5.48. The largest absolute Gasteiger partial charge is 0.507 e. The number of methoxy groups -OCH3 is 1. The van der Waals surface area contributed by atoms with Gasteiger partial charge >= 0.3 is 5.97 Å². The summed E-state index contributed by atoms with van der Waals surface area (Å²) in [5, 5.41) is 19.4. The Balaban J connectivity index is 1.34. The van der Waals surface area contributed by atoms with Crippen molar-refractivity contribution in [2.45, 2.75) is 51.0 Å². The lowest BCUT2D eigenvalue weighted by atomic mass is 9.69. The number of carbonyl (C=O) groups excluding carboxylic acids is 2. The van der Waals surface area contributed by atoms with E-state index in [2.05, 4.69) is 20.9 Å². The van der Waals surface area contributed by atoms with Gasteiger partial charge in [0.15, 0.2) is 0 Å². The van der Waals surface area contributed by atoms with Gasteiger partial charge in [-0.05, 0) is 85.2 Å². The lowest BCUT2D eigenvalue weighted by molar-refractivity contribution is -0.141. The van der Waals surface area contributed by atoms with Gasteiger partial charge in [-0.2, -0.15) is 0 Å². The number of phenols is 1. The Kier molecular flexibility index (Phi) is 10.1. The summed E-state index contributed by atoms with van der Waals surface area (Å²) in [4.78, 5) is 43.8. The molecule has 0 spiro atoms. The van der Waals surface area contributed by atoms with Gasteiger partial charge in [0.2, 0.25) is 11.8 Å². The van der Waals surface area contributed by atoms with E-state index in [1.807, 2.05) is 30.3 Å². The highest BCUT2D eigenvalue weighted by atomic mass is 79.9. The van der Waals surface area contributed by atoms with Crippen molar-refractivity contribution < 1.29 is 34.1 Å². The number of aliphatic carboxylic acids is 1. The van der Waals surface area contributed by atoms with E-state index in [1.165, 1.54) is 4.90 Å². The Morgan fingerprint density at radius 2 is 1.98 bits per heavy atom. The number of aromatic hydroxyl groups is 1. The van der Waals surface area contributed by atoms with Gasteiger partial charge in [-0.15, -0.1) is 0 Å². The number of nitrogens with zero attached hydrogens (tertiary/aromatic N) is 2. The smallest absolute Gasteiger partial charge is 0.303 e. The molecule has 2 saturated heterocycles. The van der Waals surface area contributed by atoms with E-state index in [0.29, 0.717) is 63.8 Å². The van der Waals surface area contributed by atoms with Crippen molar-refractivity contribution in [3.63, 3.8) is 0 Å². The Morgan fingerprint density at radius 3 is 2.72 bits per heavy atom. The summed E-state index contributed by atoms with van der Waals surface area (Å²) in [5.74, 6) is -2.00. The zero-order chi connectivity index (χ0) is 30.5. The summed E-state index contributed by atoms with van der Waals surface area (Å²) in [5.41, 5.74) is 4.55. The molecule has 0 unspecified atom stereocenters. The number of carboxylic acids is 1. The number of rotatable bonds is 13. The number of hydrogen-bond acceptors (Lipinski definition) is 7.